The molecule has 0 spiro atoms. The molecule has 0 radical (unpaired) electrons. The molecular formula is C15H13ClO2. The van der Waals surface area contributed by atoms with Gasteiger partial charge in [-0.15, -0.1) is 0 Å². The van der Waals surface area contributed by atoms with Crippen LogP contribution < -0.4 is 0 Å². The van der Waals surface area contributed by atoms with E-state index in [0.717, 1.165) is 0 Å². The van der Waals surface area contributed by atoms with Crippen molar-refractivity contribution in [1.82, 2.24) is 0 Å². The molecule has 1 aromatic carbocycles. The second kappa shape index (κ2) is 4.36. The summed E-state index contributed by atoms with van der Waals surface area (Å²) in [6.45, 7) is 0. The maximum Gasteiger partial charge on any atom is 0.151 e. The average Bonchev–Trinajstić information content (AvgIpc) is 2.64. The smallest absolute Gasteiger partial charge is 0.151 e. The van der Waals surface area contributed by atoms with Crippen LogP contribution in [0.15, 0.2) is 36.4 Å². The Hall–Kier alpha value is -1.41. The van der Waals surface area contributed by atoms with Gasteiger partial charge in [0.1, 0.15) is 5.92 Å². The second-order valence-electron chi connectivity index (χ2n) is 4.92. The number of fused-ring (bicyclic) bond motifs is 1. The Labute approximate surface area is 111 Å². The highest BCUT2D eigenvalue weighted by atomic mass is 35.5. The molecule has 2 atom stereocenters. The van der Waals surface area contributed by atoms with Gasteiger partial charge in [-0.25, -0.2) is 0 Å². The van der Waals surface area contributed by atoms with Crippen molar-refractivity contribution in [2.45, 2.75) is 18.8 Å². The van der Waals surface area contributed by atoms with Crippen LogP contribution in [-0.4, -0.2) is 11.6 Å². The fraction of sp³-hybridized carbons (Fsp3) is 0.333. The minimum Gasteiger partial charge on any atom is -0.298 e. The molecule has 0 saturated heterocycles. The van der Waals surface area contributed by atoms with Crippen LogP contribution in [0.25, 0.3) is 0 Å². The molecular weight excluding hydrogens is 248 g/mol. The zero-order valence-electron chi connectivity index (χ0n) is 9.80. The number of halogens is 1. The molecule has 92 valence electrons. The first kappa shape index (κ1) is 11.7. The van der Waals surface area contributed by atoms with Gasteiger partial charge < -0.3 is 0 Å². The second-order valence-corrected chi connectivity index (χ2v) is 5.32. The van der Waals surface area contributed by atoms with Gasteiger partial charge in [0, 0.05) is 16.9 Å². The Bertz CT molecular complexity index is 521. The number of hydrogen-bond donors (Lipinski definition) is 0. The molecule has 0 amide bonds. The van der Waals surface area contributed by atoms with Crippen LogP contribution in [0.4, 0.5) is 0 Å². The number of rotatable bonds is 1. The van der Waals surface area contributed by atoms with Gasteiger partial charge >= 0.3 is 0 Å². The summed E-state index contributed by atoms with van der Waals surface area (Å²) in [7, 11) is 0. The van der Waals surface area contributed by atoms with Gasteiger partial charge in [-0.1, -0.05) is 42.0 Å². The molecule has 0 aromatic heterocycles. The van der Waals surface area contributed by atoms with Crippen molar-refractivity contribution in [2.75, 3.05) is 0 Å². The van der Waals surface area contributed by atoms with Crippen molar-refractivity contribution in [3.05, 3.63) is 47.0 Å². The fourth-order valence-corrected chi connectivity index (χ4v) is 3.27. The lowest BCUT2D eigenvalue weighted by atomic mass is 9.85. The Balaban J connectivity index is 2.02. The van der Waals surface area contributed by atoms with Crippen LogP contribution in [0.3, 0.4) is 0 Å². The Morgan fingerprint density at radius 1 is 0.944 bits per heavy atom. The van der Waals surface area contributed by atoms with Crippen molar-refractivity contribution in [2.24, 2.45) is 11.8 Å². The number of allylic oxidation sites excluding steroid dienone is 2. The summed E-state index contributed by atoms with van der Waals surface area (Å²) in [5.41, 5.74) is 0.670. The normalized spacial score (nSPS) is 30.6. The molecule has 0 heterocycles. The number of carbonyl (C=O) groups is 2. The third-order valence-electron chi connectivity index (χ3n) is 3.95. The third-order valence-corrected chi connectivity index (χ3v) is 4.29. The zero-order chi connectivity index (χ0) is 12.7. The fourth-order valence-electron chi connectivity index (χ4n) is 3.03. The highest BCUT2D eigenvalue weighted by Gasteiger charge is 2.49. The molecule has 3 rings (SSSR count). The van der Waals surface area contributed by atoms with E-state index in [1.165, 1.54) is 0 Å². The van der Waals surface area contributed by atoms with Gasteiger partial charge in [-0.2, -0.15) is 0 Å². The lowest BCUT2D eigenvalue weighted by Crippen LogP contribution is -2.18. The van der Waals surface area contributed by atoms with E-state index in [1.54, 1.807) is 12.1 Å². The highest BCUT2D eigenvalue weighted by Crippen LogP contribution is 2.43. The zero-order valence-corrected chi connectivity index (χ0v) is 10.6. The van der Waals surface area contributed by atoms with E-state index in [-0.39, 0.29) is 23.4 Å². The Kier molecular flexibility index (Phi) is 2.83. The Morgan fingerprint density at radius 2 is 1.50 bits per heavy atom. The number of benzene rings is 1. The first-order valence-electron chi connectivity index (χ1n) is 6.17. The number of ketones is 2. The van der Waals surface area contributed by atoms with E-state index in [4.69, 9.17) is 11.6 Å². The maximum atomic E-state index is 12.4. The molecule has 1 aromatic rings. The molecule has 1 fully saturated rings. The number of Topliss-reactive ketones (excluding diaryl/α,β-unsaturated/α-hetero) is 2. The first-order chi connectivity index (χ1) is 8.70. The molecule has 18 heavy (non-hydrogen) atoms. The van der Waals surface area contributed by atoms with E-state index >= 15 is 0 Å². The number of carbonyl (C=O) groups excluding carboxylic acids is 2. The summed E-state index contributed by atoms with van der Waals surface area (Å²) in [5.74, 6) is -0.828. The van der Waals surface area contributed by atoms with E-state index in [2.05, 4.69) is 0 Å². The lowest BCUT2D eigenvalue weighted by Gasteiger charge is -2.16. The van der Waals surface area contributed by atoms with E-state index < -0.39 is 5.92 Å². The van der Waals surface area contributed by atoms with Crippen molar-refractivity contribution in [1.29, 1.82) is 0 Å². The molecule has 3 heteroatoms. The van der Waals surface area contributed by atoms with Gasteiger partial charge in [-0.05, 0) is 24.5 Å². The molecule has 2 nitrogen and oxygen atoms in total. The first-order valence-corrected chi connectivity index (χ1v) is 6.55. The van der Waals surface area contributed by atoms with Crippen LogP contribution in [-0.2, 0) is 9.59 Å². The van der Waals surface area contributed by atoms with Gasteiger partial charge in [-0.3, -0.25) is 9.59 Å². The number of hydrogen-bond acceptors (Lipinski definition) is 2. The molecule has 2 aliphatic carbocycles. The van der Waals surface area contributed by atoms with Crippen LogP contribution >= 0.6 is 11.6 Å². The molecule has 2 unspecified atom stereocenters. The highest BCUT2D eigenvalue weighted by molar-refractivity contribution is 6.32. The summed E-state index contributed by atoms with van der Waals surface area (Å²) in [5, 5.41) is 0.510. The van der Waals surface area contributed by atoms with Gasteiger partial charge in [0.25, 0.3) is 0 Å². The minimum absolute atomic E-state index is 0.0439. The van der Waals surface area contributed by atoms with Crippen molar-refractivity contribution in [3.8, 4) is 0 Å². The van der Waals surface area contributed by atoms with E-state index in [1.807, 2.05) is 24.3 Å². The van der Waals surface area contributed by atoms with Crippen LogP contribution in [0.1, 0.15) is 24.3 Å². The Morgan fingerprint density at radius 3 is 2.06 bits per heavy atom. The predicted molar refractivity (Wildman–Crippen MR) is 69.6 cm³/mol. The summed E-state index contributed by atoms with van der Waals surface area (Å²) in [6, 6.07) is 7.15. The van der Waals surface area contributed by atoms with Crippen molar-refractivity contribution in [3.63, 3.8) is 0 Å². The van der Waals surface area contributed by atoms with Gasteiger partial charge in [0.15, 0.2) is 11.6 Å². The monoisotopic (exact) mass is 260 g/mol. The van der Waals surface area contributed by atoms with Crippen LogP contribution in [0, 0.1) is 11.8 Å². The summed E-state index contributed by atoms with van der Waals surface area (Å²) < 4.78 is 0. The summed E-state index contributed by atoms with van der Waals surface area (Å²) in [4.78, 5) is 24.8. The summed E-state index contributed by atoms with van der Waals surface area (Å²) in [6.07, 6.45) is 5.38. The molecule has 0 aliphatic heterocycles. The van der Waals surface area contributed by atoms with Crippen LogP contribution in [0.2, 0.25) is 5.02 Å². The molecule has 0 N–H and O–H groups in total. The quantitative estimate of drug-likeness (QED) is 0.574. The maximum absolute atomic E-state index is 12.4. The molecule has 0 bridgehead atoms. The molecule has 2 aliphatic rings. The predicted octanol–water partition coefficient (Wildman–Crippen LogP) is 3.16. The van der Waals surface area contributed by atoms with Crippen molar-refractivity contribution >= 4 is 23.2 Å². The molecule has 1 saturated carbocycles. The summed E-state index contributed by atoms with van der Waals surface area (Å²) >= 11 is 6.11. The SMILES string of the molecule is O=C1C(c2ccccc2Cl)C(=O)C2CC=CCC12. The standard InChI is InChI=1S/C15H13ClO2/c16-12-8-4-3-7-11(12)13-14(17)9-5-1-2-6-10(9)15(13)18/h1-4,7-10,13H,5-6H2. The van der Waals surface area contributed by atoms with Gasteiger partial charge in [0.05, 0.1) is 0 Å². The lowest BCUT2D eigenvalue weighted by molar-refractivity contribution is -0.125. The van der Waals surface area contributed by atoms with E-state index in [0.29, 0.717) is 23.4 Å². The van der Waals surface area contributed by atoms with Crippen LogP contribution in [0.5, 0.6) is 0 Å². The third kappa shape index (κ3) is 1.64. The average molecular weight is 261 g/mol. The van der Waals surface area contributed by atoms with Gasteiger partial charge in [0.2, 0.25) is 0 Å². The van der Waals surface area contributed by atoms with Crippen molar-refractivity contribution < 1.29 is 9.59 Å². The largest absolute Gasteiger partial charge is 0.298 e. The van der Waals surface area contributed by atoms with E-state index in [9.17, 15) is 9.59 Å². The topological polar surface area (TPSA) is 34.1 Å². The minimum atomic E-state index is -0.645.